The van der Waals surface area contributed by atoms with Gasteiger partial charge in [-0.15, -0.1) is 5.47 Å². The zero-order chi connectivity index (χ0) is 9.80. The monoisotopic (exact) mass is 183 g/mol. The minimum absolute atomic E-state index is 1.21. The van der Waals surface area contributed by atoms with E-state index < -0.39 is 0 Å². The predicted molar refractivity (Wildman–Crippen MR) is 63.5 cm³/mol. The molecule has 2 aliphatic carbocycles. The van der Waals surface area contributed by atoms with Crippen molar-refractivity contribution >= 4 is 7.28 Å². The predicted octanol–water partition coefficient (Wildman–Crippen LogP) is 3.62. The Kier molecular flexibility index (Phi) is 3.08. The van der Waals surface area contributed by atoms with Crippen LogP contribution in [-0.2, 0) is 0 Å². The van der Waals surface area contributed by atoms with E-state index in [-0.39, 0.29) is 0 Å². The standard InChI is InChI=1S/C13H16B/c1-14-13-9-7-12(8-10-13)11-5-3-2-4-6-11/h2-3,5,7,9H,4,6,8,10H2,1H3. The average Bonchev–Trinajstić information content (AvgIpc) is 2.30. The van der Waals surface area contributed by atoms with E-state index >= 15 is 0 Å². The Morgan fingerprint density at radius 1 is 1.00 bits per heavy atom. The molecule has 0 fully saturated rings. The summed E-state index contributed by atoms with van der Waals surface area (Å²) in [6.07, 6.45) is 16.1. The summed E-state index contributed by atoms with van der Waals surface area (Å²) in [7, 11) is 2.21. The van der Waals surface area contributed by atoms with Crippen molar-refractivity contribution in [3.8, 4) is 0 Å². The van der Waals surface area contributed by atoms with Crippen molar-refractivity contribution in [3.05, 3.63) is 47.0 Å². The Hall–Kier alpha value is -0.975. The maximum absolute atomic E-state index is 2.30. The van der Waals surface area contributed by atoms with Gasteiger partial charge in [-0.25, -0.2) is 0 Å². The van der Waals surface area contributed by atoms with E-state index in [1.54, 1.807) is 11.1 Å². The number of hydrogen-bond acceptors (Lipinski definition) is 0. The quantitative estimate of drug-likeness (QED) is 0.573. The van der Waals surface area contributed by atoms with Crippen molar-refractivity contribution in [1.82, 2.24) is 0 Å². The Balaban J connectivity index is 2.13. The minimum Gasteiger partial charge on any atom is -0.109 e. The molecule has 1 heteroatoms. The van der Waals surface area contributed by atoms with Crippen molar-refractivity contribution in [2.45, 2.75) is 32.5 Å². The van der Waals surface area contributed by atoms with Crippen molar-refractivity contribution in [1.29, 1.82) is 0 Å². The molecule has 71 valence electrons. The molecule has 0 nitrogen and oxygen atoms in total. The summed E-state index contributed by atoms with van der Waals surface area (Å²) in [5, 5.41) is 0. The molecule has 0 unspecified atom stereocenters. The SMILES string of the molecule is C[B]C1=CC=C(C2=CC=CCC2)CC1. The highest BCUT2D eigenvalue weighted by Crippen LogP contribution is 2.28. The van der Waals surface area contributed by atoms with Gasteiger partial charge in [0.05, 0.1) is 0 Å². The maximum atomic E-state index is 2.30. The van der Waals surface area contributed by atoms with Gasteiger partial charge in [-0.1, -0.05) is 37.2 Å². The van der Waals surface area contributed by atoms with Gasteiger partial charge in [0.15, 0.2) is 0 Å². The van der Waals surface area contributed by atoms with Crippen molar-refractivity contribution in [2.24, 2.45) is 0 Å². The van der Waals surface area contributed by atoms with E-state index in [1.807, 2.05) is 0 Å². The molecule has 0 aromatic carbocycles. The normalized spacial score (nSPS) is 21.1. The summed E-state index contributed by atoms with van der Waals surface area (Å²) in [5.41, 5.74) is 4.56. The summed E-state index contributed by atoms with van der Waals surface area (Å²) in [6.45, 7) is 2.12. The van der Waals surface area contributed by atoms with Crippen LogP contribution >= 0.6 is 0 Å². The van der Waals surface area contributed by atoms with Crippen molar-refractivity contribution in [3.63, 3.8) is 0 Å². The van der Waals surface area contributed by atoms with Gasteiger partial charge in [0, 0.05) is 0 Å². The molecule has 0 aromatic rings. The second-order valence-electron chi connectivity index (χ2n) is 3.88. The molecule has 0 amide bonds. The van der Waals surface area contributed by atoms with Crippen LogP contribution in [0, 0.1) is 0 Å². The summed E-state index contributed by atoms with van der Waals surface area (Å²) in [6, 6.07) is 0. The van der Waals surface area contributed by atoms with E-state index in [0.29, 0.717) is 0 Å². The van der Waals surface area contributed by atoms with E-state index in [2.05, 4.69) is 44.5 Å². The number of allylic oxidation sites excluding steroid dienone is 8. The van der Waals surface area contributed by atoms with E-state index in [0.717, 1.165) is 0 Å². The fourth-order valence-electron chi connectivity index (χ4n) is 2.03. The Morgan fingerprint density at radius 3 is 2.43 bits per heavy atom. The van der Waals surface area contributed by atoms with Crippen LogP contribution in [0.5, 0.6) is 0 Å². The summed E-state index contributed by atoms with van der Waals surface area (Å²) < 4.78 is 0. The molecule has 0 atom stereocenters. The number of rotatable bonds is 2. The van der Waals surface area contributed by atoms with Crippen molar-refractivity contribution < 1.29 is 0 Å². The lowest BCUT2D eigenvalue weighted by Gasteiger charge is -2.17. The van der Waals surface area contributed by atoms with Crippen LogP contribution < -0.4 is 0 Å². The molecule has 0 aromatic heterocycles. The average molecular weight is 183 g/mol. The van der Waals surface area contributed by atoms with Crippen LogP contribution in [0.2, 0.25) is 6.82 Å². The first-order valence-electron chi connectivity index (χ1n) is 5.45. The first-order chi connectivity index (χ1) is 6.90. The summed E-state index contributed by atoms with van der Waals surface area (Å²) in [4.78, 5) is 0. The van der Waals surface area contributed by atoms with Crippen LogP contribution in [0.1, 0.15) is 25.7 Å². The van der Waals surface area contributed by atoms with E-state index in [1.165, 1.54) is 31.2 Å². The van der Waals surface area contributed by atoms with Crippen LogP contribution in [0.25, 0.3) is 0 Å². The fourth-order valence-corrected chi connectivity index (χ4v) is 2.03. The van der Waals surface area contributed by atoms with Gasteiger partial charge >= 0.3 is 0 Å². The highest BCUT2D eigenvalue weighted by atomic mass is 14.1. The molecule has 0 saturated heterocycles. The highest BCUT2D eigenvalue weighted by molar-refractivity contribution is 6.43. The lowest BCUT2D eigenvalue weighted by atomic mass is 9.68. The van der Waals surface area contributed by atoms with Gasteiger partial charge < -0.3 is 0 Å². The molecule has 1 radical (unpaired) electrons. The van der Waals surface area contributed by atoms with Crippen LogP contribution in [0.3, 0.4) is 0 Å². The molecule has 0 saturated carbocycles. The lowest BCUT2D eigenvalue weighted by molar-refractivity contribution is 0.890. The first-order valence-corrected chi connectivity index (χ1v) is 5.45. The third-order valence-corrected chi connectivity index (χ3v) is 2.98. The largest absolute Gasteiger partial charge is 0.142 e. The van der Waals surface area contributed by atoms with Crippen LogP contribution in [-0.4, -0.2) is 7.28 Å². The van der Waals surface area contributed by atoms with Gasteiger partial charge in [-0.05, 0) is 36.8 Å². The topological polar surface area (TPSA) is 0 Å². The molecule has 0 aliphatic heterocycles. The van der Waals surface area contributed by atoms with E-state index in [9.17, 15) is 0 Å². The number of hydrogen-bond donors (Lipinski definition) is 0. The first kappa shape index (κ1) is 9.58. The smallest absolute Gasteiger partial charge is 0.109 e. The lowest BCUT2D eigenvalue weighted by Crippen LogP contribution is -2.01. The highest BCUT2D eigenvalue weighted by Gasteiger charge is 2.09. The van der Waals surface area contributed by atoms with Crippen LogP contribution in [0.4, 0.5) is 0 Å². The molecule has 14 heavy (non-hydrogen) atoms. The summed E-state index contributed by atoms with van der Waals surface area (Å²) in [5.74, 6) is 0. The van der Waals surface area contributed by atoms with Gasteiger partial charge in [-0.3, -0.25) is 0 Å². The third kappa shape index (κ3) is 2.09. The van der Waals surface area contributed by atoms with Crippen molar-refractivity contribution in [2.75, 3.05) is 0 Å². The molecule has 0 heterocycles. The second kappa shape index (κ2) is 4.50. The molecular formula is C13H16B. The molecule has 2 rings (SSSR count). The van der Waals surface area contributed by atoms with Gasteiger partial charge in [0.25, 0.3) is 0 Å². The zero-order valence-corrected chi connectivity index (χ0v) is 8.79. The van der Waals surface area contributed by atoms with Gasteiger partial charge in [0.2, 0.25) is 0 Å². The third-order valence-electron chi connectivity index (χ3n) is 2.98. The van der Waals surface area contributed by atoms with E-state index in [4.69, 9.17) is 0 Å². The summed E-state index contributed by atoms with van der Waals surface area (Å²) >= 11 is 0. The molecular weight excluding hydrogens is 167 g/mol. The molecule has 2 aliphatic rings. The fraction of sp³-hybridized carbons (Fsp3) is 0.385. The zero-order valence-electron chi connectivity index (χ0n) is 8.79. The Morgan fingerprint density at radius 2 is 1.86 bits per heavy atom. The second-order valence-corrected chi connectivity index (χ2v) is 3.88. The Bertz CT molecular complexity index is 329. The maximum Gasteiger partial charge on any atom is 0.142 e. The molecule has 0 spiro atoms. The van der Waals surface area contributed by atoms with Crippen LogP contribution in [0.15, 0.2) is 47.0 Å². The molecule has 0 N–H and O–H groups in total. The minimum atomic E-state index is 1.21. The molecule has 0 bridgehead atoms. The van der Waals surface area contributed by atoms with Gasteiger partial charge in [0.1, 0.15) is 7.28 Å². The Labute approximate surface area is 87.3 Å². The van der Waals surface area contributed by atoms with Gasteiger partial charge in [-0.2, -0.15) is 0 Å².